The number of hydrogen-bond acceptors (Lipinski definition) is 7. The van der Waals surface area contributed by atoms with E-state index in [0.29, 0.717) is 19.1 Å². The summed E-state index contributed by atoms with van der Waals surface area (Å²) >= 11 is 0. The molecule has 0 amide bonds. The van der Waals surface area contributed by atoms with Crippen molar-refractivity contribution in [1.82, 2.24) is 20.4 Å². The summed E-state index contributed by atoms with van der Waals surface area (Å²) in [5.74, 6) is 1.64. The molecule has 0 spiro atoms. The van der Waals surface area contributed by atoms with Gasteiger partial charge in [0.2, 0.25) is 5.88 Å². The van der Waals surface area contributed by atoms with Crippen LogP contribution < -0.4 is 15.1 Å². The van der Waals surface area contributed by atoms with Gasteiger partial charge in [-0.05, 0) is 17.5 Å². The highest BCUT2D eigenvalue weighted by Gasteiger charge is 2.20. The number of rotatable bonds is 8. The Hall–Kier alpha value is -2.74. The molecule has 1 saturated heterocycles. The quantitative estimate of drug-likeness (QED) is 0.576. The molecule has 7 nitrogen and oxygen atoms in total. The number of nitrogens with zero attached hydrogens (tertiary/aromatic N) is 4. The number of aromatic nitrogens is 2. The van der Waals surface area contributed by atoms with E-state index in [1.165, 1.54) is 10.8 Å². The Morgan fingerprint density at radius 2 is 1.87 bits per heavy atom. The molecule has 0 radical (unpaired) electrons. The minimum Gasteiger partial charge on any atom is -0.475 e. The first-order valence-corrected chi connectivity index (χ1v) is 10.5. The Bertz CT molecular complexity index is 955. The fourth-order valence-electron chi connectivity index (χ4n) is 3.72. The number of ether oxygens (including phenoxy) is 2. The van der Waals surface area contributed by atoms with Crippen molar-refractivity contribution in [3.8, 4) is 17.1 Å². The Labute approximate surface area is 177 Å². The van der Waals surface area contributed by atoms with E-state index in [2.05, 4.69) is 57.6 Å². The SMILES string of the molecule is CCNN1CCN(c2nc(-c3ccc(OCCOC)nc3)cc3ccccc23)CC1. The molecule has 7 heteroatoms. The molecule has 4 rings (SSSR count). The summed E-state index contributed by atoms with van der Waals surface area (Å²) in [7, 11) is 1.66. The maximum atomic E-state index is 5.58. The van der Waals surface area contributed by atoms with Gasteiger partial charge in [0.1, 0.15) is 12.4 Å². The van der Waals surface area contributed by atoms with Crippen molar-refractivity contribution in [3.63, 3.8) is 0 Å². The predicted molar refractivity (Wildman–Crippen MR) is 120 cm³/mol. The highest BCUT2D eigenvalue weighted by molar-refractivity contribution is 5.95. The second kappa shape index (κ2) is 9.84. The predicted octanol–water partition coefficient (Wildman–Crippen LogP) is 2.97. The molecule has 3 aromatic rings. The van der Waals surface area contributed by atoms with Gasteiger partial charge in [-0.15, -0.1) is 0 Å². The maximum absolute atomic E-state index is 5.58. The van der Waals surface area contributed by atoms with Gasteiger partial charge in [0.15, 0.2) is 0 Å². The van der Waals surface area contributed by atoms with E-state index in [-0.39, 0.29) is 0 Å². The van der Waals surface area contributed by atoms with Gasteiger partial charge in [-0.3, -0.25) is 5.43 Å². The van der Waals surface area contributed by atoms with Crippen molar-refractivity contribution in [2.45, 2.75) is 6.92 Å². The summed E-state index contributed by atoms with van der Waals surface area (Å²) in [6, 6.07) is 14.5. The van der Waals surface area contributed by atoms with Crippen molar-refractivity contribution in [2.75, 3.05) is 57.9 Å². The number of anilines is 1. The largest absolute Gasteiger partial charge is 0.475 e. The lowest BCUT2D eigenvalue weighted by Crippen LogP contribution is -2.52. The van der Waals surface area contributed by atoms with E-state index in [1.807, 2.05) is 18.3 Å². The molecule has 0 bridgehead atoms. The summed E-state index contributed by atoms with van der Waals surface area (Å²) in [4.78, 5) is 11.9. The van der Waals surface area contributed by atoms with Crippen LogP contribution >= 0.6 is 0 Å². The van der Waals surface area contributed by atoms with E-state index in [1.54, 1.807) is 7.11 Å². The van der Waals surface area contributed by atoms with Crippen LogP contribution in [0.25, 0.3) is 22.0 Å². The first-order chi connectivity index (χ1) is 14.8. The van der Waals surface area contributed by atoms with Crippen LogP contribution in [0.2, 0.25) is 0 Å². The summed E-state index contributed by atoms with van der Waals surface area (Å²) in [6.45, 7) is 7.95. The molecule has 1 aromatic carbocycles. The maximum Gasteiger partial charge on any atom is 0.213 e. The Kier molecular flexibility index (Phi) is 6.74. The smallest absolute Gasteiger partial charge is 0.213 e. The van der Waals surface area contributed by atoms with Crippen molar-refractivity contribution < 1.29 is 9.47 Å². The molecule has 158 valence electrons. The van der Waals surface area contributed by atoms with Gasteiger partial charge in [0, 0.05) is 63.0 Å². The summed E-state index contributed by atoms with van der Waals surface area (Å²) < 4.78 is 10.6. The van der Waals surface area contributed by atoms with Gasteiger partial charge >= 0.3 is 0 Å². The van der Waals surface area contributed by atoms with Crippen LogP contribution in [0.5, 0.6) is 5.88 Å². The fourth-order valence-corrected chi connectivity index (χ4v) is 3.72. The summed E-state index contributed by atoms with van der Waals surface area (Å²) in [6.07, 6.45) is 1.83. The van der Waals surface area contributed by atoms with Crippen molar-refractivity contribution in [2.24, 2.45) is 0 Å². The van der Waals surface area contributed by atoms with E-state index >= 15 is 0 Å². The number of piperazine rings is 1. The van der Waals surface area contributed by atoms with Crippen LogP contribution in [-0.2, 0) is 4.74 Å². The zero-order valence-corrected chi connectivity index (χ0v) is 17.7. The lowest BCUT2D eigenvalue weighted by Gasteiger charge is -2.36. The van der Waals surface area contributed by atoms with Gasteiger partial charge in [-0.1, -0.05) is 31.2 Å². The molecule has 1 aliphatic rings. The van der Waals surface area contributed by atoms with Crippen LogP contribution in [-0.4, -0.2) is 68.0 Å². The lowest BCUT2D eigenvalue weighted by atomic mass is 10.1. The van der Waals surface area contributed by atoms with Crippen LogP contribution in [0.4, 0.5) is 5.82 Å². The topological polar surface area (TPSA) is 62.8 Å². The Morgan fingerprint density at radius 3 is 2.60 bits per heavy atom. The second-order valence-corrected chi connectivity index (χ2v) is 7.26. The number of hydrazine groups is 1. The van der Waals surface area contributed by atoms with Crippen molar-refractivity contribution in [3.05, 3.63) is 48.7 Å². The molecule has 30 heavy (non-hydrogen) atoms. The van der Waals surface area contributed by atoms with Crippen LogP contribution in [0.3, 0.4) is 0 Å². The van der Waals surface area contributed by atoms with Gasteiger partial charge < -0.3 is 14.4 Å². The van der Waals surface area contributed by atoms with E-state index in [0.717, 1.165) is 49.8 Å². The van der Waals surface area contributed by atoms with Crippen LogP contribution in [0, 0.1) is 0 Å². The van der Waals surface area contributed by atoms with E-state index < -0.39 is 0 Å². The molecule has 1 fully saturated rings. The fraction of sp³-hybridized carbons (Fsp3) is 0.391. The molecule has 1 aliphatic heterocycles. The number of hydrogen-bond donors (Lipinski definition) is 1. The third-order valence-electron chi connectivity index (χ3n) is 5.25. The third-order valence-corrected chi connectivity index (χ3v) is 5.25. The molecular formula is C23H29N5O2. The third kappa shape index (κ3) is 4.70. The summed E-state index contributed by atoms with van der Waals surface area (Å²) in [5.41, 5.74) is 5.32. The molecule has 0 saturated carbocycles. The van der Waals surface area contributed by atoms with Gasteiger partial charge in [0.05, 0.1) is 12.3 Å². The number of pyridine rings is 2. The first kappa shape index (κ1) is 20.5. The molecule has 2 aromatic heterocycles. The number of nitrogens with one attached hydrogen (secondary N) is 1. The van der Waals surface area contributed by atoms with Crippen molar-refractivity contribution >= 4 is 16.6 Å². The molecular weight excluding hydrogens is 378 g/mol. The van der Waals surface area contributed by atoms with Gasteiger partial charge in [0.25, 0.3) is 0 Å². The molecule has 1 N–H and O–H groups in total. The zero-order valence-electron chi connectivity index (χ0n) is 17.7. The lowest BCUT2D eigenvalue weighted by molar-refractivity contribution is 0.144. The first-order valence-electron chi connectivity index (χ1n) is 10.5. The van der Waals surface area contributed by atoms with E-state index in [9.17, 15) is 0 Å². The molecule has 0 atom stereocenters. The van der Waals surface area contributed by atoms with E-state index in [4.69, 9.17) is 14.5 Å². The standard InChI is InChI=1S/C23H29N5O2/c1-3-25-28-12-10-27(11-13-28)23-20-7-5-4-6-18(20)16-21(26-23)19-8-9-22(24-17-19)30-15-14-29-2/h4-9,16-17,25H,3,10-15H2,1-2H3. The molecule has 0 aliphatic carbocycles. The molecule has 0 unspecified atom stereocenters. The van der Waals surface area contributed by atoms with Crippen LogP contribution in [0.15, 0.2) is 48.7 Å². The second-order valence-electron chi connectivity index (χ2n) is 7.26. The van der Waals surface area contributed by atoms with Crippen LogP contribution in [0.1, 0.15) is 6.92 Å². The summed E-state index contributed by atoms with van der Waals surface area (Å²) in [5, 5.41) is 4.66. The Morgan fingerprint density at radius 1 is 1.03 bits per heavy atom. The zero-order chi connectivity index (χ0) is 20.8. The Balaban J connectivity index is 1.60. The van der Waals surface area contributed by atoms with Crippen molar-refractivity contribution in [1.29, 1.82) is 0 Å². The minimum atomic E-state index is 0.486. The highest BCUT2D eigenvalue weighted by atomic mass is 16.5. The molecule has 3 heterocycles. The average Bonchev–Trinajstić information content (AvgIpc) is 2.80. The number of fused-ring (bicyclic) bond motifs is 1. The number of benzene rings is 1. The highest BCUT2D eigenvalue weighted by Crippen LogP contribution is 2.30. The normalized spacial score (nSPS) is 14.9. The monoisotopic (exact) mass is 407 g/mol. The minimum absolute atomic E-state index is 0.486. The average molecular weight is 408 g/mol. The number of methoxy groups -OCH3 is 1. The van der Waals surface area contributed by atoms with Gasteiger partial charge in [-0.2, -0.15) is 0 Å². The van der Waals surface area contributed by atoms with Gasteiger partial charge in [-0.25, -0.2) is 15.0 Å².